The Bertz CT molecular complexity index is 1320. The number of amides is 1. The van der Waals surface area contributed by atoms with E-state index in [-0.39, 0.29) is 28.9 Å². The number of imidazole rings is 1. The van der Waals surface area contributed by atoms with Gasteiger partial charge in [-0.25, -0.2) is 9.97 Å². The van der Waals surface area contributed by atoms with Gasteiger partial charge >= 0.3 is 0 Å². The van der Waals surface area contributed by atoms with E-state index in [4.69, 9.17) is 43.6 Å². The van der Waals surface area contributed by atoms with Gasteiger partial charge in [0.25, 0.3) is 0 Å². The number of ether oxygens (including phenoxy) is 1. The number of hydrogen-bond donors (Lipinski definition) is 3. The fourth-order valence-corrected chi connectivity index (χ4v) is 5.41. The topological polar surface area (TPSA) is 144 Å². The molecule has 1 aliphatic carbocycles. The first-order chi connectivity index (χ1) is 17.4. The maximum absolute atomic E-state index is 11.7. The maximum Gasteiger partial charge on any atom is 0.224 e. The van der Waals surface area contributed by atoms with Crippen LogP contribution in [0.5, 0.6) is 0 Å². The zero-order valence-electron chi connectivity index (χ0n) is 19.5. The lowest BCUT2D eigenvalue weighted by molar-refractivity contribution is -0.122. The van der Waals surface area contributed by atoms with Gasteiger partial charge < -0.3 is 21.1 Å². The van der Waals surface area contributed by atoms with Crippen LogP contribution in [-0.4, -0.2) is 44.7 Å². The normalized spacial score (nSPS) is 20.7. The van der Waals surface area contributed by atoms with Crippen LogP contribution in [-0.2, 0) is 9.53 Å². The number of halogens is 2. The van der Waals surface area contributed by atoms with E-state index in [9.17, 15) is 10.1 Å². The van der Waals surface area contributed by atoms with Gasteiger partial charge in [-0.2, -0.15) is 10.2 Å². The van der Waals surface area contributed by atoms with E-state index in [1.807, 2.05) is 4.57 Å². The van der Waals surface area contributed by atoms with Crippen LogP contribution < -0.4 is 16.4 Å². The number of nitrogens with two attached hydrogens (primary N) is 1. The van der Waals surface area contributed by atoms with Gasteiger partial charge in [0.1, 0.15) is 11.6 Å². The van der Waals surface area contributed by atoms with Crippen LogP contribution in [0.4, 0.5) is 17.6 Å². The van der Waals surface area contributed by atoms with E-state index in [0.717, 1.165) is 25.7 Å². The first kappa shape index (κ1) is 24.6. The number of carbonyl (C=O) groups excluding carboxylic acids is 1. The van der Waals surface area contributed by atoms with Crippen molar-refractivity contribution in [3.8, 4) is 6.07 Å². The molecule has 10 nitrogen and oxygen atoms in total. The molecule has 2 aromatic heterocycles. The molecule has 36 heavy (non-hydrogen) atoms. The monoisotopic (exact) mass is 528 g/mol. The summed E-state index contributed by atoms with van der Waals surface area (Å²) in [7, 11) is 0. The van der Waals surface area contributed by atoms with Gasteiger partial charge in [0.2, 0.25) is 17.8 Å². The summed E-state index contributed by atoms with van der Waals surface area (Å²) in [6.07, 6.45) is 6.30. The van der Waals surface area contributed by atoms with Crippen LogP contribution in [0.2, 0.25) is 10.0 Å². The smallest absolute Gasteiger partial charge is 0.224 e. The predicted molar refractivity (Wildman–Crippen MR) is 137 cm³/mol. The molecule has 1 aromatic carbocycles. The number of fused-ring (bicyclic) bond motifs is 1. The van der Waals surface area contributed by atoms with Gasteiger partial charge in [0.05, 0.1) is 27.5 Å². The minimum Gasteiger partial charge on any atom is -0.381 e. The highest BCUT2D eigenvalue weighted by Crippen LogP contribution is 2.40. The number of primary amides is 1. The molecular formula is C24H26Cl2N8O2. The number of rotatable bonds is 6. The number of anilines is 3. The number of aromatic nitrogens is 4. The summed E-state index contributed by atoms with van der Waals surface area (Å²) in [5.74, 6) is 0.614. The Morgan fingerprint density at radius 2 is 1.89 bits per heavy atom. The summed E-state index contributed by atoms with van der Waals surface area (Å²) in [6.45, 7) is 1.41. The molecule has 1 aliphatic heterocycles. The van der Waals surface area contributed by atoms with Crippen LogP contribution >= 0.6 is 23.2 Å². The summed E-state index contributed by atoms with van der Waals surface area (Å²) in [4.78, 5) is 25.8. The molecule has 1 saturated carbocycles. The summed E-state index contributed by atoms with van der Waals surface area (Å²) in [6, 6.07) is 5.53. The Labute approximate surface area is 218 Å². The quantitative estimate of drug-likeness (QED) is 0.422. The van der Waals surface area contributed by atoms with Crippen molar-refractivity contribution in [1.29, 1.82) is 5.26 Å². The minimum absolute atomic E-state index is 0.0237. The van der Waals surface area contributed by atoms with Crippen molar-refractivity contribution in [3.05, 3.63) is 33.9 Å². The summed E-state index contributed by atoms with van der Waals surface area (Å²) in [5.41, 5.74) is 7.53. The van der Waals surface area contributed by atoms with Crippen molar-refractivity contribution in [2.75, 3.05) is 23.8 Å². The molecule has 188 valence electrons. The second-order valence-corrected chi connectivity index (χ2v) is 9.95. The number of nitrogens with zero attached hydrogens (tertiary/aromatic N) is 5. The zero-order chi connectivity index (χ0) is 25.2. The fraction of sp³-hybridized carbons (Fsp3) is 0.458. The highest BCUT2D eigenvalue weighted by molar-refractivity contribution is 6.40. The largest absolute Gasteiger partial charge is 0.381 e. The molecule has 3 heterocycles. The zero-order valence-corrected chi connectivity index (χ0v) is 21.0. The number of benzene rings is 1. The van der Waals surface area contributed by atoms with Gasteiger partial charge in [0, 0.05) is 31.2 Å². The molecule has 0 unspecified atom stereocenters. The molecule has 2 aliphatic rings. The Balaban J connectivity index is 1.54. The predicted octanol–water partition coefficient (Wildman–Crippen LogP) is 4.56. The van der Waals surface area contributed by atoms with Crippen LogP contribution in [0.3, 0.4) is 0 Å². The highest BCUT2D eigenvalue weighted by Gasteiger charge is 2.30. The van der Waals surface area contributed by atoms with Crippen LogP contribution in [0.1, 0.15) is 50.1 Å². The first-order valence-electron chi connectivity index (χ1n) is 12.0. The van der Waals surface area contributed by atoms with Crippen molar-refractivity contribution < 1.29 is 9.53 Å². The second-order valence-electron chi connectivity index (χ2n) is 9.17. The number of nitrogens with one attached hydrogen (secondary N) is 2. The molecule has 2 fully saturated rings. The minimum atomic E-state index is -0.264. The third-order valence-electron chi connectivity index (χ3n) is 6.90. The summed E-state index contributed by atoms with van der Waals surface area (Å²) < 4.78 is 7.47. The lowest BCUT2D eigenvalue weighted by Gasteiger charge is -2.29. The molecular weight excluding hydrogens is 503 g/mol. The van der Waals surface area contributed by atoms with Gasteiger partial charge in [-0.15, -0.1) is 0 Å². The van der Waals surface area contributed by atoms with Crippen molar-refractivity contribution in [2.24, 2.45) is 11.7 Å². The van der Waals surface area contributed by atoms with Gasteiger partial charge in [0.15, 0.2) is 5.65 Å². The van der Waals surface area contributed by atoms with Crippen LogP contribution in [0.25, 0.3) is 11.2 Å². The van der Waals surface area contributed by atoms with Crippen molar-refractivity contribution in [2.45, 2.75) is 50.6 Å². The van der Waals surface area contributed by atoms with Crippen LogP contribution in [0, 0.1) is 17.2 Å². The summed E-state index contributed by atoms with van der Waals surface area (Å²) >= 11 is 12.9. The van der Waals surface area contributed by atoms with Gasteiger partial charge in [-0.05, 0) is 50.7 Å². The van der Waals surface area contributed by atoms with Crippen molar-refractivity contribution in [3.63, 3.8) is 0 Å². The number of carbonyl (C=O) groups is 1. The molecule has 0 atom stereocenters. The molecule has 5 rings (SSSR count). The average Bonchev–Trinajstić information content (AvgIpc) is 3.24. The average molecular weight is 529 g/mol. The standard InChI is InChI=1S/C24H26Cl2N8O2/c25-17-6-3-14(11-27)19(26)20(17)32-24-31-18-12-29-23(30-15-7-9-36-10-8-15)33-22(18)34(24)16-4-1-13(2-5-16)21(28)35/h3,6,12-13,15-16H,1-2,4-5,7-10H2,(H2,28,35)(H,31,32)(H,29,30,33). The molecule has 0 radical (unpaired) electrons. The number of nitriles is 1. The summed E-state index contributed by atoms with van der Waals surface area (Å²) in [5, 5.41) is 16.7. The Kier molecular flexibility index (Phi) is 7.14. The first-order valence-corrected chi connectivity index (χ1v) is 12.7. The SMILES string of the molecule is N#Cc1ccc(Cl)c(Nc2nc3cnc(NC4CCOCC4)nc3n2C2CCC(C(N)=O)CC2)c1Cl. The second kappa shape index (κ2) is 10.5. The van der Waals surface area contributed by atoms with Gasteiger partial charge in [-0.3, -0.25) is 9.36 Å². The van der Waals surface area contributed by atoms with E-state index in [1.165, 1.54) is 0 Å². The lowest BCUT2D eigenvalue weighted by atomic mass is 9.85. The van der Waals surface area contributed by atoms with E-state index in [0.29, 0.717) is 65.4 Å². The maximum atomic E-state index is 11.7. The molecule has 3 aromatic rings. The Morgan fingerprint density at radius 3 is 2.58 bits per heavy atom. The highest BCUT2D eigenvalue weighted by atomic mass is 35.5. The third-order valence-corrected chi connectivity index (χ3v) is 7.61. The molecule has 0 spiro atoms. The van der Waals surface area contributed by atoms with Crippen molar-refractivity contribution in [1.82, 2.24) is 19.5 Å². The molecule has 12 heteroatoms. The van der Waals surface area contributed by atoms with E-state index in [1.54, 1.807) is 18.3 Å². The molecule has 1 amide bonds. The van der Waals surface area contributed by atoms with Gasteiger partial charge in [-0.1, -0.05) is 23.2 Å². The van der Waals surface area contributed by atoms with E-state index in [2.05, 4.69) is 21.7 Å². The number of hydrogen-bond acceptors (Lipinski definition) is 8. The molecule has 1 saturated heterocycles. The van der Waals surface area contributed by atoms with E-state index < -0.39 is 0 Å². The molecule has 4 N–H and O–H groups in total. The Hall–Kier alpha value is -3.13. The lowest BCUT2D eigenvalue weighted by Crippen LogP contribution is -2.29. The third kappa shape index (κ3) is 4.91. The Morgan fingerprint density at radius 1 is 1.14 bits per heavy atom. The van der Waals surface area contributed by atoms with Crippen LogP contribution in [0.15, 0.2) is 18.3 Å². The molecule has 0 bridgehead atoms. The fourth-order valence-electron chi connectivity index (χ4n) is 4.90. The van der Waals surface area contributed by atoms with E-state index >= 15 is 0 Å². The van der Waals surface area contributed by atoms with Crippen molar-refractivity contribution >= 4 is 57.9 Å².